The van der Waals surface area contributed by atoms with E-state index < -0.39 is 28.9 Å². The minimum atomic E-state index is -4.79. The van der Waals surface area contributed by atoms with Gasteiger partial charge in [0.25, 0.3) is 0 Å². The molecule has 2 N–H and O–H groups in total. The number of nitrogens with one attached hydrogen (secondary N) is 1. The van der Waals surface area contributed by atoms with Gasteiger partial charge in [-0.1, -0.05) is 6.92 Å². The molecular formula is C20H22F4N6O. The minimum absolute atomic E-state index is 0.0805. The van der Waals surface area contributed by atoms with E-state index in [9.17, 15) is 22.7 Å². The number of rotatable bonds is 4. The number of aromatic nitrogens is 4. The van der Waals surface area contributed by atoms with Crippen LogP contribution in [0.25, 0.3) is 22.2 Å². The summed E-state index contributed by atoms with van der Waals surface area (Å²) in [4.78, 5) is 2.32. The Labute approximate surface area is 175 Å². The van der Waals surface area contributed by atoms with Crippen molar-refractivity contribution >= 4 is 16.7 Å². The van der Waals surface area contributed by atoms with E-state index in [1.54, 1.807) is 7.05 Å². The summed E-state index contributed by atoms with van der Waals surface area (Å²) >= 11 is 0. The topological polar surface area (TPSA) is 79.1 Å². The number of piperidine rings is 1. The second kappa shape index (κ2) is 7.95. The highest BCUT2D eigenvalue weighted by Crippen LogP contribution is 2.40. The number of alkyl halides is 3. The lowest BCUT2D eigenvalue weighted by Gasteiger charge is -2.32. The molecule has 0 amide bonds. The van der Waals surface area contributed by atoms with E-state index in [1.807, 2.05) is 0 Å². The summed E-state index contributed by atoms with van der Waals surface area (Å²) in [7, 11) is 1.61. The quantitative estimate of drug-likeness (QED) is 0.604. The summed E-state index contributed by atoms with van der Waals surface area (Å²) in [5, 5.41) is 26.5. The molecule has 0 radical (unpaired) electrons. The average molecular weight is 438 g/mol. The second-order valence-corrected chi connectivity index (χ2v) is 7.65. The van der Waals surface area contributed by atoms with Crippen LogP contribution in [0.4, 0.5) is 23.4 Å². The largest absolute Gasteiger partial charge is 0.507 e. The van der Waals surface area contributed by atoms with Crippen LogP contribution < -0.4 is 5.32 Å². The highest BCUT2D eigenvalue weighted by Gasteiger charge is 2.33. The molecule has 1 aliphatic heterocycles. The van der Waals surface area contributed by atoms with Crippen LogP contribution in [0.2, 0.25) is 0 Å². The molecule has 0 unspecified atom stereocenters. The van der Waals surface area contributed by atoms with Crippen LogP contribution in [0, 0.1) is 5.82 Å². The van der Waals surface area contributed by atoms with E-state index in [0.29, 0.717) is 28.9 Å². The van der Waals surface area contributed by atoms with Crippen molar-refractivity contribution in [3.8, 4) is 17.0 Å². The monoisotopic (exact) mass is 438 g/mol. The molecule has 0 bridgehead atoms. The molecule has 3 aromatic rings. The van der Waals surface area contributed by atoms with Gasteiger partial charge in [-0.3, -0.25) is 4.68 Å². The van der Waals surface area contributed by atoms with Gasteiger partial charge in [0.05, 0.1) is 22.7 Å². The Kier molecular flexibility index (Phi) is 5.46. The first-order chi connectivity index (χ1) is 14.7. The minimum Gasteiger partial charge on any atom is -0.507 e. The SMILES string of the molecule is CCN1CCC[C@@H](Nc2nnc(-c3c(O)cc(C(F)(F)F)cc3F)c3c2cnn3C)C1. The molecule has 7 nitrogen and oxygen atoms in total. The zero-order valence-corrected chi connectivity index (χ0v) is 17.0. The van der Waals surface area contributed by atoms with Crippen molar-refractivity contribution in [2.75, 3.05) is 25.0 Å². The Morgan fingerprint density at radius 3 is 2.71 bits per heavy atom. The Hall–Kier alpha value is -2.95. The number of anilines is 1. The van der Waals surface area contributed by atoms with Crippen LogP contribution in [-0.2, 0) is 13.2 Å². The Balaban J connectivity index is 1.76. The van der Waals surface area contributed by atoms with E-state index in [2.05, 4.69) is 32.4 Å². The number of aryl methyl sites for hydroxylation is 1. The van der Waals surface area contributed by atoms with Crippen molar-refractivity contribution < 1.29 is 22.7 Å². The second-order valence-electron chi connectivity index (χ2n) is 7.65. The van der Waals surface area contributed by atoms with Gasteiger partial charge in [-0.15, -0.1) is 10.2 Å². The smallest absolute Gasteiger partial charge is 0.416 e. The predicted molar refractivity (Wildman–Crippen MR) is 107 cm³/mol. The summed E-state index contributed by atoms with van der Waals surface area (Å²) in [5.74, 6) is -1.65. The maximum absolute atomic E-state index is 14.7. The number of halogens is 4. The zero-order valence-electron chi connectivity index (χ0n) is 17.0. The summed E-state index contributed by atoms with van der Waals surface area (Å²) < 4.78 is 54.9. The number of phenols is 1. The number of hydrogen-bond donors (Lipinski definition) is 2. The van der Waals surface area contributed by atoms with Crippen LogP contribution in [-0.4, -0.2) is 55.7 Å². The standard InChI is InChI=1S/C20H22F4N6O/c1-3-30-6-4-5-12(10-30)26-19-13-9-25-29(2)18(13)17(27-28-19)16-14(21)7-11(8-15(16)31)20(22,23)24/h7-9,12,31H,3-6,10H2,1-2H3,(H,26,28)/t12-/m1/s1. The number of aromatic hydroxyl groups is 1. The lowest BCUT2D eigenvalue weighted by molar-refractivity contribution is -0.137. The van der Waals surface area contributed by atoms with Crippen LogP contribution in [0.15, 0.2) is 18.3 Å². The molecule has 1 aliphatic rings. The third-order valence-corrected chi connectivity index (χ3v) is 5.60. The van der Waals surface area contributed by atoms with Gasteiger partial charge in [-0.05, 0) is 38.1 Å². The Morgan fingerprint density at radius 2 is 2.03 bits per heavy atom. The van der Waals surface area contributed by atoms with Gasteiger partial charge in [0.1, 0.15) is 22.8 Å². The molecule has 0 aliphatic carbocycles. The molecule has 0 saturated carbocycles. The van der Waals surface area contributed by atoms with Crippen LogP contribution in [0.1, 0.15) is 25.3 Å². The van der Waals surface area contributed by atoms with Gasteiger partial charge in [0, 0.05) is 19.6 Å². The molecule has 4 rings (SSSR count). The molecule has 3 heterocycles. The number of phenolic OH excluding ortho intramolecular Hbond substituents is 1. The van der Waals surface area contributed by atoms with Gasteiger partial charge in [-0.2, -0.15) is 18.3 Å². The molecular weight excluding hydrogens is 416 g/mol. The lowest BCUT2D eigenvalue weighted by Crippen LogP contribution is -2.42. The molecule has 1 fully saturated rings. The van der Waals surface area contributed by atoms with Crippen LogP contribution in [0.5, 0.6) is 5.75 Å². The summed E-state index contributed by atoms with van der Waals surface area (Å²) in [6, 6.07) is 0.968. The average Bonchev–Trinajstić information content (AvgIpc) is 3.10. The number of nitrogens with zero attached hydrogens (tertiary/aromatic N) is 5. The normalized spacial score (nSPS) is 17.9. The van der Waals surface area contributed by atoms with Crippen molar-refractivity contribution in [2.45, 2.75) is 32.0 Å². The third-order valence-electron chi connectivity index (χ3n) is 5.60. The maximum Gasteiger partial charge on any atom is 0.416 e. The fraction of sp³-hybridized carbons (Fsp3) is 0.450. The van der Waals surface area contributed by atoms with E-state index in [-0.39, 0.29) is 11.7 Å². The number of benzene rings is 1. The number of likely N-dealkylation sites (N-methyl/N-ethyl adjacent to an activating group) is 1. The van der Waals surface area contributed by atoms with Gasteiger partial charge in [0.15, 0.2) is 5.82 Å². The fourth-order valence-corrected chi connectivity index (χ4v) is 4.01. The van der Waals surface area contributed by atoms with Gasteiger partial charge in [-0.25, -0.2) is 4.39 Å². The summed E-state index contributed by atoms with van der Waals surface area (Å²) in [6.45, 7) is 4.92. The van der Waals surface area contributed by atoms with E-state index in [1.165, 1.54) is 10.9 Å². The molecule has 1 atom stereocenters. The van der Waals surface area contributed by atoms with Crippen molar-refractivity contribution in [1.82, 2.24) is 24.9 Å². The van der Waals surface area contributed by atoms with Crippen molar-refractivity contribution in [3.05, 3.63) is 29.7 Å². The van der Waals surface area contributed by atoms with E-state index >= 15 is 0 Å². The number of likely N-dealkylation sites (tertiary alicyclic amines) is 1. The Morgan fingerprint density at radius 1 is 1.26 bits per heavy atom. The number of fused-ring (bicyclic) bond motifs is 1. The summed E-state index contributed by atoms with van der Waals surface area (Å²) in [5.41, 5.74) is -1.45. The zero-order chi connectivity index (χ0) is 22.3. The van der Waals surface area contributed by atoms with E-state index in [4.69, 9.17) is 0 Å². The molecule has 1 aromatic carbocycles. The molecule has 1 saturated heterocycles. The van der Waals surface area contributed by atoms with Gasteiger partial charge in [0.2, 0.25) is 0 Å². The van der Waals surface area contributed by atoms with Crippen molar-refractivity contribution in [1.29, 1.82) is 0 Å². The highest BCUT2D eigenvalue weighted by molar-refractivity contribution is 5.98. The lowest BCUT2D eigenvalue weighted by atomic mass is 10.0. The summed E-state index contributed by atoms with van der Waals surface area (Å²) in [6.07, 6.45) is -1.26. The predicted octanol–water partition coefficient (Wildman–Crippen LogP) is 3.79. The maximum atomic E-state index is 14.7. The molecule has 166 valence electrons. The van der Waals surface area contributed by atoms with Crippen LogP contribution in [0.3, 0.4) is 0 Å². The first-order valence-electron chi connectivity index (χ1n) is 9.96. The first-order valence-corrected chi connectivity index (χ1v) is 9.96. The molecule has 0 spiro atoms. The fourth-order valence-electron chi connectivity index (χ4n) is 4.01. The van der Waals surface area contributed by atoms with Crippen molar-refractivity contribution in [3.63, 3.8) is 0 Å². The molecule has 2 aromatic heterocycles. The van der Waals surface area contributed by atoms with Crippen LogP contribution >= 0.6 is 0 Å². The highest BCUT2D eigenvalue weighted by atomic mass is 19.4. The van der Waals surface area contributed by atoms with Crippen molar-refractivity contribution in [2.24, 2.45) is 7.05 Å². The Bertz CT molecular complexity index is 1090. The van der Waals surface area contributed by atoms with Gasteiger partial charge >= 0.3 is 6.18 Å². The van der Waals surface area contributed by atoms with Gasteiger partial charge < -0.3 is 15.3 Å². The molecule has 11 heteroatoms. The first kappa shape index (κ1) is 21.3. The third kappa shape index (κ3) is 4.01. The van der Waals surface area contributed by atoms with E-state index in [0.717, 1.165) is 32.5 Å². The molecule has 31 heavy (non-hydrogen) atoms. The number of hydrogen-bond acceptors (Lipinski definition) is 6.